The van der Waals surface area contributed by atoms with Crippen molar-refractivity contribution >= 4 is 0 Å². The zero-order valence-electron chi connectivity index (χ0n) is 11.7. The van der Waals surface area contributed by atoms with Crippen LogP contribution in [-0.2, 0) is 6.42 Å². The summed E-state index contributed by atoms with van der Waals surface area (Å²) < 4.78 is 0. The lowest BCUT2D eigenvalue weighted by molar-refractivity contribution is 0.153. The van der Waals surface area contributed by atoms with E-state index in [0.717, 1.165) is 45.4 Å². The maximum absolute atomic E-state index is 9.60. The van der Waals surface area contributed by atoms with E-state index in [4.69, 9.17) is 0 Å². The van der Waals surface area contributed by atoms with Gasteiger partial charge < -0.3 is 5.32 Å². The molecule has 0 spiro atoms. The molecule has 1 N–H and O–H groups in total. The third-order valence-corrected chi connectivity index (χ3v) is 4.02. The number of nitrogens with one attached hydrogen (secondary N) is 1. The highest BCUT2D eigenvalue weighted by Crippen LogP contribution is 2.22. The molecule has 102 valence electrons. The van der Waals surface area contributed by atoms with Crippen LogP contribution in [0.15, 0.2) is 30.3 Å². The lowest BCUT2D eigenvalue weighted by Crippen LogP contribution is -2.47. The van der Waals surface area contributed by atoms with E-state index in [0.29, 0.717) is 0 Å². The van der Waals surface area contributed by atoms with Crippen LogP contribution in [-0.4, -0.2) is 36.6 Å². The maximum atomic E-state index is 9.60. The molecule has 1 heterocycles. The summed E-state index contributed by atoms with van der Waals surface area (Å²) in [5, 5.41) is 13.0. The normalized spacial score (nSPS) is 20.2. The molecule has 2 rings (SSSR count). The molecule has 1 aromatic carbocycles. The number of hydrogen-bond acceptors (Lipinski definition) is 3. The van der Waals surface area contributed by atoms with Gasteiger partial charge in [0.15, 0.2) is 0 Å². The number of rotatable bonds is 4. The molecule has 1 aromatic rings. The van der Waals surface area contributed by atoms with Crippen molar-refractivity contribution in [1.29, 1.82) is 5.26 Å². The first-order valence-corrected chi connectivity index (χ1v) is 7.15. The molecule has 0 radical (unpaired) electrons. The van der Waals surface area contributed by atoms with Crippen molar-refractivity contribution in [2.45, 2.75) is 31.7 Å². The van der Waals surface area contributed by atoms with Gasteiger partial charge in [-0.3, -0.25) is 4.90 Å². The average Bonchev–Trinajstić information content (AvgIpc) is 2.75. The lowest BCUT2D eigenvalue weighted by Gasteiger charge is -2.35. The topological polar surface area (TPSA) is 39.1 Å². The van der Waals surface area contributed by atoms with Crippen LogP contribution in [0.3, 0.4) is 0 Å². The van der Waals surface area contributed by atoms with E-state index in [9.17, 15) is 5.26 Å². The van der Waals surface area contributed by atoms with E-state index in [1.807, 2.05) is 6.07 Å². The van der Waals surface area contributed by atoms with Crippen LogP contribution in [0, 0.1) is 11.3 Å². The second-order valence-corrected chi connectivity index (χ2v) is 5.46. The number of nitrogens with zero attached hydrogens (tertiary/aromatic N) is 2. The van der Waals surface area contributed by atoms with E-state index in [1.165, 1.54) is 5.56 Å². The maximum Gasteiger partial charge on any atom is 0.106 e. The van der Waals surface area contributed by atoms with E-state index < -0.39 is 0 Å². The number of aryl methyl sites for hydroxylation is 1. The summed E-state index contributed by atoms with van der Waals surface area (Å²) in [7, 11) is 0. The molecule has 3 heteroatoms. The summed E-state index contributed by atoms with van der Waals surface area (Å²) >= 11 is 0. The second kappa shape index (κ2) is 6.70. The standard InChI is InChI=1S/C16H23N3/c1-16(14-17,19-12-5-10-18-11-13-19)9-8-15-6-3-2-4-7-15/h2-4,6-7,18H,5,8-13H2,1H3. The Labute approximate surface area is 116 Å². The summed E-state index contributed by atoms with van der Waals surface area (Å²) in [6, 6.07) is 13.0. The summed E-state index contributed by atoms with van der Waals surface area (Å²) in [6.45, 7) is 6.13. The highest BCUT2D eigenvalue weighted by atomic mass is 15.2. The predicted octanol–water partition coefficient (Wildman–Crippen LogP) is 2.20. The van der Waals surface area contributed by atoms with Crippen molar-refractivity contribution in [2.75, 3.05) is 26.2 Å². The summed E-state index contributed by atoms with van der Waals surface area (Å²) in [4.78, 5) is 2.34. The number of nitriles is 1. The minimum Gasteiger partial charge on any atom is -0.315 e. The fraction of sp³-hybridized carbons (Fsp3) is 0.562. The highest BCUT2D eigenvalue weighted by Gasteiger charge is 2.31. The van der Waals surface area contributed by atoms with Crippen molar-refractivity contribution in [3.8, 4) is 6.07 Å². The number of hydrogen-bond donors (Lipinski definition) is 1. The third-order valence-electron chi connectivity index (χ3n) is 4.02. The van der Waals surface area contributed by atoms with Crippen molar-refractivity contribution in [3.05, 3.63) is 35.9 Å². The van der Waals surface area contributed by atoms with Gasteiger partial charge in [0.25, 0.3) is 0 Å². The van der Waals surface area contributed by atoms with Crippen LogP contribution >= 0.6 is 0 Å². The molecule has 1 aliphatic heterocycles. The molecule has 1 aliphatic rings. The SMILES string of the molecule is CC(C#N)(CCc1ccccc1)N1CCCNCC1. The first kappa shape index (κ1) is 14.0. The van der Waals surface area contributed by atoms with E-state index in [2.05, 4.69) is 47.5 Å². The van der Waals surface area contributed by atoms with Crippen LogP contribution in [0.1, 0.15) is 25.3 Å². The molecular weight excluding hydrogens is 234 g/mol. The average molecular weight is 257 g/mol. The van der Waals surface area contributed by atoms with Gasteiger partial charge in [0.2, 0.25) is 0 Å². The molecule has 0 aromatic heterocycles. The molecule has 0 aliphatic carbocycles. The lowest BCUT2D eigenvalue weighted by atomic mass is 9.92. The van der Waals surface area contributed by atoms with Gasteiger partial charge in [-0.1, -0.05) is 30.3 Å². The van der Waals surface area contributed by atoms with Crippen LogP contribution in [0.4, 0.5) is 0 Å². The Morgan fingerprint density at radius 1 is 1.26 bits per heavy atom. The predicted molar refractivity (Wildman–Crippen MR) is 77.8 cm³/mol. The first-order valence-electron chi connectivity index (χ1n) is 7.15. The van der Waals surface area contributed by atoms with Gasteiger partial charge in [-0.2, -0.15) is 5.26 Å². The van der Waals surface area contributed by atoms with Crippen molar-refractivity contribution in [1.82, 2.24) is 10.2 Å². The van der Waals surface area contributed by atoms with Gasteiger partial charge in [0, 0.05) is 19.6 Å². The highest BCUT2D eigenvalue weighted by molar-refractivity contribution is 5.17. The second-order valence-electron chi connectivity index (χ2n) is 5.46. The fourth-order valence-corrected chi connectivity index (χ4v) is 2.66. The molecule has 0 amide bonds. The molecule has 1 unspecified atom stereocenters. The van der Waals surface area contributed by atoms with Gasteiger partial charge in [-0.05, 0) is 38.3 Å². The van der Waals surface area contributed by atoms with Crippen LogP contribution in [0.2, 0.25) is 0 Å². The largest absolute Gasteiger partial charge is 0.315 e. The quantitative estimate of drug-likeness (QED) is 0.898. The Hall–Kier alpha value is -1.37. The van der Waals surface area contributed by atoms with Gasteiger partial charge in [-0.15, -0.1) is 0 Å². The Morgan fingerprint density at radius 3 is 2.79 bits per heavy atom. The molecule has 19 heavy (non-hydrogen) atoms. The summed E-state index contributed by atoms with van der Waals surface area (Å²) in [6.07, 6.45) is 2.99. The minimum atomic E-state index is -0.345. The van der Waals surface area contributed by atoms with Crippen molar-refractivity contribution in [3.63, 3.8) is 0 Å². The van der Waals surface area contributed by atoms with Gasteiger partial charge >= 0.3 is 0 Å². The van der Waals surface area contributed by atoms with Gasteiger partial charge in [0.1, 0.15) is 5.54 Å². The van der Waals surface area contributed by atoms with Gasteiger partial charge in [-0.25, -0.2) is 0 Å². The Bertz CT molecular complexity index is 415. The summed E-state index contributed by atoms with van der Waals surface area (Å²) in [5.74, 6) is 0. The van der Waals surface area contributed by atoms with Crippen molar-refractivity contribution in [2.24, 2.45) is 0 Å². The van der Waals surface area contributed by atoms with Gasteiger partial charge in [0.05, 0.1) is 6.07 Å². The first-order chi connectivity index (χ1) is 9.24. The smallest absolute Gasteiger partial charge is 0.106 e. The van der Waals surface area contributed by atoms with Crippen molar-refractivity contribution < 1.29 is 0 Å². The molecule has 1 fully saturated rings. The molecule has 1 atom stereocenters. The molecule has 0 saturated carbocycles. The Morgan fingerprint density at radius 2 is 2.05 bits per heavy atom. The van der Waals surface area contributed by atoms with Crippen LogP contribution in [0.5, 0.6) is 0 Å². The zero-order chi connectivity index (χ0) is 13.6. The monoisotopic (exact) mass is 257 g/mol. The third kappa shape index (κ3) is 3.79. The minimum absolute atomic E-state index is 0.345. The molecule has 1 saturated heterocycles. The Balaban J connectivity index is 1.99. The zero-order valence-corrected chi connectivity index (χ0v) is 11.7. The van der Waals surface area contributed by atoms with Crippen LogP contribution < -0.4 is 5.32 Å². The Kier molecular flexibility index (Phi) is 4.95. The molecule has 0 bridgehead atoms. The van der Waals surface area contributed by atoms with Crippen LogP contribution in [0.25, 0.3) is 0 Å². The van der Waals surface area contributed by atoms with E-state index >= 15 is 0 Å². The fourth-order valence-electron chi connectivity index (χ4n) is 2.66. The van der Waals surface area contributed by atoms with E-state index in [1.54, 1.807) is 0 Å². The number of benzene rings is 1. The summed E-state index contributed by atoms with van der Waals surface area (Å²) in [5.41, 5.74) is 0.971. The molecular formula is C16H23N3. The molecule has 3 nitrogen and oxygen atoms in total. The van der Waals surface area contributed by atoms with E-state index in [-0.39, 0.29) is 5.54 Å².